The Bertz CT molecular complexity index is 652. The first-order valence-corrected chi connectivity index (χ1v) is 6.88. The average molecular weight is 303 g/mol. The van der Waals surface area contributed by atoms with Crippen molar-refractivity contribution < 1.29 is 19.4 Å². The molecule has 0 saturated heterocycles. The van der Waals surface area contributed by atoms with Gasteiger partial charge in [0.15, 0.2) is 5.82 Å². The van der Waals surface area contributed by atoms with Gasteiger partial charge in [0.2, 0.25) is 0 Å². The summed E-state index contributed by atoms with van der Waals surface area (Å²) in [6.45, 7) is 2.62. The van der Waals surface area contributed by atoms with E-state index in [0.29, 0.717) is 6.54 Å². The number of carbonyl (C=O) groups is 2. The summed E-state index contributed by atoms with van der Waals surface area (Å²) >= 11 is 0. The van der Waals surface area contributed by atoms with Crippen molar-refractivity contribution in [2.45, 2.75) is 26.5 Å². The monoisotopic (exact) mass is 303 g/mol. The number of aromatic nitrogens is 2. The van der Waals surface area contributed by atoms with E-state index in [-0.39, 0.29) is 18.0 Å². The first kappa shape index (κ1) is 15.6. The molecule has 0 aliphatic rings. The topological polar surface area (TPSA) is 93.5 Å². The molecule has 0 aliphatic heterocycles. The number of carboxylic acid groups (broad SMARTS) is 1. The summed E-state index contributed by atoms with van der Waals surface area (Å²) in [6, 6.07) is 9.19. The van der Waals surface area contributed by atoms with Crippen molar-refractivity contribution in [1.82, 2.24) is 9.78 Å². The number of amides is 1. The van der Waals surface area contributed by atoms with Gasteiger partial charge in [-0.15, -0.1) is 0 Å². The Hall–Kier alpha value is -2.83. The Morgan fingerprint density at radius 2 is 2.05 bits per heavy atom. The third-order valence-electron chi connectivity index (χ3n) is 2.88. The minimum absolute atomic E-state index is 0.0148. The van der Waals surface area contributed by atoms with Crippen LogP contribution in [-0.2, 0) is 17.9 Å². The number of nitrogens with one attached hydrogen (secondary N) is 1. The van der Waals surface area contributed by atoms with Crippen LogP contribution in [0.3, 0.4) is 0 Å². The van der Waals surface area contributed by atoms with Crippen LogP contribution < -0.4 is 5.32 Å². The molecule has 7 heteroatoms. The first-order valence-electron chi connectivity index (χ1n) is 6.88. The molecule has 7 nitrogen and oxygen atoms in total. The summed E-state index contributed by atoms with van der Waals surface area (Å²) in [4.78, 5) is 22.9. The van der Waals surface area contributed by atoms with Crippen LogP contribution in [0.15, 0.2) is 36.5 Å². The molecule has 1 aromatic carbocycles. The van der Waals surface area contributed by atoms with Crippen molar-refractivity contribution in [2.75, 3.05) is 5.32 Å². The van der Waals surface area contributed by atoms with Crippen molar-refractivity contribution in [3.8, 4) is 0 Å². The molecule has 22 heavy (non-hydrogen) atoms. The van der Waals surface area contributed by atoms with Gasteiger partial charge in [-0.1, -0.05) is 37.3 Å². The molecule has 116 valence electrons. The van der Waals surface area contributed by atoms with E-state index in [0.717, 1.165) is 12.0 Å². The third-order valence-corrected chi connectivity index (χ3v) is 2.88. The molecule has 0 aliphatic carbocycles. The second-order valence-corrected chi connectivity index (χ2v) is 4.65. The molecule has 0 unspecified atom stereocenters. The van der Waals surface area contributed by atoms with Crippen molar-refractivity contribution in [2.24, 2.45) is 0 Å². The second kappa shape index (κ2) is 7.26. The Kier molecular flexibility index (Phi) is 5.13. The van der Waals surface area contributed by atoms with Gasteiger partial charge in [0.05, 0.1) is 0 Å². The molecule has 0 radical (unpaired) electrons. The van der Waals surface area contributed by atoms with Gasteiger partial charge in [0.1, 0.15) is 12.2 Å². The maximum Gasteiger partial charge on any atom is 0.413 e. The molecular weight excluding hydrogens is 286 g/mol. The summed E-state index contributed by atoms with van der Waals surface area (Å²) in [5.41, 5.74) is 0.776. The highest BCUT2D eigenvalue weighted by Crippen LogP contribution is 2.14. The van der Waals surface area contributed by atoms with Gasteiger partial charge >= 0.3 is 12.1 Å². The van der Waals surface area contributed by atoms with Gasteiger partial charge in [0.25, 0.3) is 0 Å². The number of anilines is 1. The molecule has 1 heterocycles. The molecule has 0 atom stereocenters. The largest absolute Gasteiger partial charge is 0.477 e. The van der Waals surface area contributed by atoms with Crippen LogP contribution in [0.1, 0.15) is 29.3 Å². The van der Waals surface area contributed by atoms with Crippen LogP contribution in [0, 0.1) is 0 Å². The van der Waals surface area contributed by atoms with E-state index < -0.39 is 12.1 Å². The highest BCUT2D eigenvalue weighted by Gasteiger charge is 2.18. The summed E-state index contributed by atoms with van der Waals surface area (Å²) < 4.78 is 6.53. The number of aryl methyl sites for hydroxylation is 1. The smallest absolute Gasteiger partial charge is 0.413 e. The third kappa shape index (κ3) is 4.08. The minimum Gasteiger partial charge on any atom is -0.477 e. The molecule has 1 aromatic heterocycles. The highest BCUT2D eigenvalue weighted by molar-refractivity contribution is 5.97. The fourth-order valence-electron chi connectivity index (χ4n) is 1.87. The maximum absolute atomic E-state index is 11.8. The van der Waals surface area contributed by atoms with Crippen molar-refractivity contribution in [3.63, 3.8) is 0 Å². The van der Waals surface area contributed by atoms with Crippen molar-refractivity contribution in [1.29, 1.82) is 0 Å². The lowest BCUT2D eigenvalue weighted by atomic mass is 10.2. The van der Waals surface area contributed by atoms with E-state index in [2.05, 4.69) is 10.4 Å². The number of nitrogens with zero attached hydrogens (tertiary/aromatic N) is 2. The summed E-state index contributed by atoms with van der Waals surface area (Å²) in [6.07, 6.45) is 1.45. The van der Waals surface area contributed by atoms with Crippen LogP contribution >= 0.6 is 0 Å². The zero-order valence-corrected chi connectivity index (χ0v) is 12.2. The maximum atomic E-state index is 11.8. The highest BCUT2D eigenvalue weighted by atomic mass is 16.5. The standard InChI is InChI=1S/C15H17N3O4/c1-2-8-18-9-12(14(19)20)13(17-18)16-15(21)22-10-11-6-4-3-5-7-11/h3-7,9H,2,8,10H2,1H3,(H,19,20)(H,16,17,21). The van der Waals surface area contributed by atoms with Crippen molar-refractivity contribution in [3.05, 3.63) is 47.7 Å². The number of benzene rings is 1. The predicted octanol–water partition coefficient (Wildman–Crippen LogP) is 2.74. The molecule has 1 amide bonds. The number of rotatable bonds is 6. The number of aromatic carboxylic acids is 1. The zero-order chi connectivity index (χ0) is 15.9. The molecule has 0 bridgehead atoms. The van der Waals surface area contributed by atoms with Crippen LogP contribution in [-0.4, -0.2) is 26.9 Å². The molecule has 2 rings (SSSR count). The Balaban J connectivity index is 2.00. The lowest BCUT2D eigenvalue weighted by Gasteiger charge is -2.05. The van der Waals surface area contributed by atoms with Gasteiger partial charge in [-0.25, -0.2) is 9.59 Å². The second-order valence-electron chi connectivity index (χ2n) is 4.65. The summed E-state index contributed by atoms with van der Waals surface area (Å²) in [5.74, 6) is -1.17. The molecular formula is C15H17N3O4. The van der Waals surface area contributed by atoms with E-state index in [9.17, 15) is 9.59 Å². The van der Waals surface area contributed by atoms with Crippen LogP contribution in [0.2, 0.25) is 0 Å². The lowest BCUT2D eigenvalue weighted by Crippen LogP contribution is -2.16. The number of carboxylic acids is 1. The van der Waals surface area contributed by atoms with E-state index in [1.54, 1.807) is 0 Å². The van der Waals surface area contributed by atoms with E-state index in [1.807, 2.05) is 37.3 Å². The fourth-order valence-corrected chi connectivity index (χ4v) is 1.87. The molecule has 2 aromatic rings. The van der Waals surface area contributed by atoms with Crippen LogP contribution in [0.25, 0.3) is 0 Å². The quantitative estimate of drug-likeness (QED) is 0.855. The van der Waals surface area contributed by atoms with Crippen LogP contribution in [0.4, 0.5) is 10.6 Å². The fraction of sp³-hybridized carbons (Fsp3) is 0.267. The van der Waals surface area contributed by atoms with Gasteiger partial charge < -0.3 is 9.84 Å². The number of hydrogen-bond acceptors (Lipinski definition) is 4. The Morgan fingerprint density at radius 1 is 1.32 bits per heavy atom. The Morgan fingerprint density at radius 3 is 2.68 bits per heavy atom. The predicted molar refractivity (Wildman–Crippen MR) is 79.7 cm³/mol. The molecule has 0 saturated carbocycles. The van der Waals surface area contributed by atoms with E-state index in [1.165, 1.54) is 10.9 Å². The summed E-state index contributed by atoms with van der Waals surface area (Å²) in [7, 11) is 0. The average Bonchev–Trinajstić information content (AvgIpc) is 2.89. The molecule has 2 N–H and O–H groups in total. The first-order chi connectivity index (χ1) is 10.6. The normalized spacial score (nSPS) is 10.2. The van der Waals surface area contributed by atoms with Crippen molar-refractivity contribution >= 4 is 17.9 Å². The van der Waals surface area contributed by atoms with Gasteiger partial charge in [-0.2, -0.15) is 5.10 Å². The van der Waals surface area contributed by atoms with Crippen LogP contribution in [0.5, 0.6) is 0 Å². The number of hydrogen-bond donors (Lipinski definition) is 2. The molecule has 0 fully saturated rings. The molecule has 0 spiro atoms. The summed E-state index contributed by atoms with van der Waals surface area (Å²) in [5, 5.41) is 15.5. The number of carbonyl (C=O) groups excluding carboxylic acids is 1. The van der Waals surface area contributed by atoms with E-state index >= 15 is 0 Å². The van der Waals surface area contributed by atoms with Gasteiger partial charge in [-0.3, -0.25) is 10.00 Å². The Labute approximate surface area is 127 Å². The SMILES string of the molecule is CCCn1cc(C(=O)O)c(NC(=O)OCc2ccccc2)n1. The lowest BCUT2D eigenvalue weighted by molar-refractivity contribution is 0.0698. The van der Waals surface area contributed by atoms with Gasteiger partial charge in [-0.05, 0) is 12.0 Å². The zero-order valence-electron chi connectivity index (χ0n) is 12.2. The minimum atomic E-state index is -1.15. The van der Waals surface area contributed by atoms with Gasteiger partial charge in [0, 0.05) is 12.7 Å². The van der Waals surface area contributed by atoms with E-state index in [4.69, 9.17) is 9.84 Å². The number of ether oxygens (including phenoxy) is 1.